The van der Waals surface area contributed by atoms with Gasteiger partial charge in [0.1, 0.15) is 6.04 Å². The van der Waals surface area contributed by atoms with Gasteiger partial charge in [0.2, 0.25) is 5.91 Å². The average Bonchev–Trinajstić information content (AvgIpc) is 2.34. The molecule has 0 bridgehead atoms. The minimum absolute atomic E-state index is 0.179. The van der Waals surface area contributed by atoms with Gasteiger partial charge in [0.25, 0.3) is 0 Å². The van der Waals surface area contributed by atoms with Crippen LogP contribution < -0.4 is 5.32 Å². The largest absolute Gasteiger partial charge is 0.480 e. The third-order valence-corrected chi connectivity index (χ3v) is 3.13. The first-order chi connectivity index (χ1) is 8.51. The number of carboxylic acid groups (broad SMARTS) is 1. The SMILES string of the molecule is CCCC(NC(=O)C(CC)N(CC)CC)C(=O)O. The highest BCUT2D eigenvalue weighted by Gasteiger charge is 2.26. The summed E-state index contributed by atoms with van der Waals surface area (Å²) < 4.78 is 0. The maximum Gasteiger partial charge on any atom is 0.326 e. The van der Waals surface area contributed by atoms with Gasteiger partial charge in [-0.2, -0.15) is 0 Å². The fourth-order valence-corrected chi connectivity index (χ4v) is 2.09. The smallest absolute Gasteiger partial charge is 0.326 e. The summed E-state index contributed by atoms with van der Waals surface area (Å²) in [5.74, 6) is -1.14. The Morgan fingerprint density at radius 3 is 2.06 bits per heavy atom. The lowest BCUT2D eigenvalue weighted by Gasteiger charge is -2.28. The van der Waals surface area contributed by atoms with Crippen molar-refractivity contribution in [1.82, 2.24) is 10.2 Å². The van der Waals surface area contributed by atoms with Crippen LogP contribution in [0.5, 0.6) is 0 Å². The minimum atomic E-state index is -0.959. The van der Waals surface area contributed by atoms with Gasteiger partial charge in [0.15, 0.2) is 0 Å². The number of likely N-dealkylation sites (N-methyl/N-ethyl adjacent to an activating group) is 1. The Morgan fingerprint density at radius 2 is 1.72 bits per heavy atom. The van der Waals surface area contributed by atoms with E-state index in [2.05, 4.69) is 5.32 Å². The number of carbonyl (C=O) groups excluding carboxylic acids is 1. The quantitative estimate of drug-likeness (QED) is 0.657. The van der Waals surface area contributed by atoms with Gasteiger partial charge in [-0.25, -0.2) is 4.79 Å². The fraction of sp³-hybridized carbons (Fsp3) is 0.846. The number of carboxylic acids is 1. The second-order valence-electron chi connectivity index (χ2n) is 4.33. The number of carbonyl (C=O) groups is 2. The number of hydrogen-bond donors (Lipinski definition) is 2. The van der Waals surface area contributed by atoms with Gasteiger partial charge in [-0.3, -0.25) is 9.69 Å². The lowest BCUT2D eigenvalue weighted by Crippen LogP contribution is -2.51. The molecule has 0 saturated carbocycles. The Morgan fingerprint density at radius 1 is 1.17 bits per heavy atom. The predicted octanol–water partition coefficient (Wildman–Crippen LogP) is 1.48. The fourth-order valence-electron chi connectivity index (χ4n) is 2.09. The van der Waals surface area contributed by atoms with Crippen molar-refractivity contribution < 1.29 is 14.7 Å². The summed E-state index contributed by atoms with van der Waals surface area (Å²) in [5, 5.41) is 11.7. The first-order valence-electron chi connectivity index (χ1n) is 6.78. The van der Waals surface area contributed by atoms with Gasteiger partial charge in [-0.1, -0.05) is 34.1 Å². The Bertz CT molecular complexity index is 265. The molecule has 2 atom stereocenters. The van der Waals surface area contributed by atoms with Crippen molar-refractivity contribution in [3.05, 3.63) is 0 Å². The Hall–Kier alpha value is -1.10. The van der Waals surface area contributed by atoms with Crippen LogP contribution in [0.4, 0.5) is 0 Å². The molecular weight excluding hydrogens is 232 g/mol. The molecule has 0 saturated heterocycles. The molecule has 0 aliphatic heterocycles. The molecule has 2 unspecified atom stereocenters. The topological polar surface area (TPSA) is 69.6 Å². The number of hydrogen-bond acceptors (Lipinski definition) is 3. The predicted molar refractivity (Wildman–Crippen MR) is 71.5 cm³/mol. The van der Waals surface area contributed by atoms with Crippen molar-refractivity contribution in [3.63, 3.8) is 0 Å². The summed E-state index contributed by atoms with van der Waals surface area (Å²) in [6.45, 7) is 9.42. The molecule has 0 aromatic carbocycles. The minimum Gasteiger partial charge on any atom is -0.480 e. The van der Waals surface area contributed by atoms with Crippen molar-refractivity contribution in [1.29, 1.82) is 0 Å². The number of rotatable bonds is 9. The van der Waals surface area contributed by atoms with Crippen molar-refractivity contribution >= 4 is 11.9 Å². The molecule has 0 aliphatic carbocycles. The van der Waals surface area contributed by atoms with Crippen LogP contribution in [0.1, 0.15) is 47.0 Å². The first kappa shape index (κ1) is 16.9. The van der Waals surface area contributed by atoms with Crippen LogP contribution in [0.25, 0.3) is 0 Å². The highest BCUT2D eigenvalue weighted by Crippen LogP contribution is 2.06. The Kier molecular flexibility index (Phi) is 8.37. The van der Waals surface area contributed by atoms with Gasteiger partial charge in [-0.15, -0.1) is 0 Å². The standard InChI is InChI=1S/C13H26N2O3/c1-5-9-10(13(17)18)14-12(16)11(6-2)15(7-3)8-4/h10-11H,5-9H2,1-4H3,(H,14,16)(H,17,18). The molecule has 0 radical (unpaired) electrons. The number of aliphatic carboxylic acids is 1. The van der Waals surface area contributed by atoms with E-state index in [9.17, 15) is 9.59 Å². The molecule has 2 N–H and O–H groups in total. The molecule has 5 heteroatoms. The molecule has 0 aromatic rings. The van der Waals surface area contributed by atoms with Crippen molar-refractivity contribution in [2.75, 3.05) is 13.1 Å². The van der Waals surface area contributed by atoms with Gasteiger partial charge in [0, 0.05) is 0 Å². The molecular formula is C13H26N2O3. The van der Waals surface area contributed by atoms with Crippen LogP contribution >= 0.6 is 0 Å². The zero-order valence-corrected chi connectivity index (χ0v) is 11.9. The molecule has 0 spiro atoms. The van der Waals surface area contributed by atoms with Gasteiger partial charge < -0.3 is 10.4 Å². The van der Waals surface area contributed by atoms with Crippen molar-refractivity contribution in [2.24, 2.45) is 0 Å². The molecule has 18 heavy (non-hydrogen) atoms. The van der Waals surface area contributed by atoms with Crippen molar-refractivity contribution in [3.8, 4) is 0 Å². The van der Waals surface area contributed by atoms with Crippen molar-refractivity contribution in [2.45, 2.75) is 59.0 Å². The van der Waals surface area contributed by atoms with E-state index in [-0.39, 0.29) is 11.9 Å². The van der Waals surface area contributed by atoms with Crippen LogP contribution in [0.2, 0.25) is 0 Å². The van der Waals surface area contributed by atoms with Gasteiger partial charge >= 0.3 is 5.97 Å². The zero-order valence-electron chi connectivity index (χ0n) is 11.9. The first-order valence-corrected chi connectivity index (χ1v) is 6.78. The Balaban J connectivity index is 4.63. The third kappa shape index (κ3) is 5.04. The summed E-state index contributed by atoms with van der Waals surface area (Å²) in [6.07, 6.45) is 1.89. The second kappa shape index (κ2) is 8.91. The van der Waals surface area contributed by atoms with Gasteiger partial charge in [0.05, 0.1) is 6.04 Å². The molecule has 0 fully saturated rings. The van der Waals surface area contributed by atoms with E-state index < -0.39 is 12.0 Å². The van der Waals surface area contributed by atoms with E-state index in [1.165, 1.54) is 0 Å². The highest BCUT2D eigenvalue weighted by molar-refractivity contribution is 5.86. The third-order valence-electron chi connectivity index (χ3n) is 3.13. The average molecular weight is 258 g/mol. The lowest BCUT2D eigenvalue weighted by molar-refractivity contribution is -0.143. The lowest BCUT2D eigenvalue weighted by atomic mass is 10.1. The summed E-state index contributed by atoms with van der Waals surface area (Å²) in [6, 6.07) is -1.01. The van der Waals surface area contributed by atoms with Crippen LogP contribution in [-0.2, 0) is 9.59 Å². The van der Waals surface area contributed by atoms with E-state index in [4.69, 9.17) is 5.11 Å². The normalized spacial score (nSPS) is 14.3. The maximum atomic E-state index is 12.1. The van der Waals surface area contributed by atoms with E-state index >= 15 is 0 Å². The molecule has 1 amide bonds. The molecule has 5 nitrogen and oxygen atoms in total. The monoisotopic (exact) mass is 258 g/mol. The zero-order chi connectivity index (χ0) is 14.1. The summed E-state index contributed by atoms with van der Waals surface area (Å²) in [5.41, 5.74) is 0. The second-order valence-corrected chi connectivity index (χ2v) is 4.33. The molecule has 0 aromatic heterocycles. The van der Waals surface area contributed by atoms with E-state index in [0.29, 0.717) is 12.8 Å². The summed E-state index contributed by atoms with van der Waals surface area (Å²) in [7, 11) is 0. The Labute approximate surface area is 110 Å². The van der Waals surface area contributed by atoms with Gasteiger partial charge in [-0.05, 0) is 25.9 Å². The van der Waals surface area contributed by atoms with Crippen LogP contribution in [0.3, 0.4) is 0 Å². The number of nitrogens with zero attached hydrogens (tertiary/aromatic N) is 1. The maximum absolute atomic E-state index is 12.1. The molecule has 0 rings (SSSR count). The summed E-state index contributed by atoms with van der Waals surface area (Å²) in [4.78, 5) is 25.2. The molecule has 0 heterocycles. The van der Waals surface area contributed by atoms with E-state index in [0.717, 1.165) is 19.5 Å². The number of nitrogens with one attached hydrogen (secondary N) is 1. The number of amides is 1. The van der Waals surface area contributed by atoms with Crippen LogP contribution in [-0.4, -0.2) is 47.1 Å². The highest BCUT2D eigenvalue weighted by atomic mass is 16.4. The molecule has 0 aliphatic rings. The summed E-state index contributed by atoms with van der Waals surface area (Å²) >= 11 is 0. The van der Waals surface area contributed by atoms with E-state index in [1.807, 2.05) is 32.6 Å². The van der Waals surface area contributed by atoms with E-state index in [1.54, 1.807) is 0 Å². The van der Waals surface area contributed by atoms with Crippen LogP contribution in [0.15, 0.2) is 0 Å². The van der Waals surface area contributed by atoms with Crippen LogP contribution in [0, 0.1) is 0 Å². The molecule has 106 valence electrons.